The molecule has 1 aromatic carbocycles. The summed E-state index contributed by atoms with van der Waals surface area (Å²) in [6.07, 6.45) is 0.806. The van der Waals surface area contributed by atoms with Crippen LogP contribution in [0.2, 0.25) is 0 Å². The molecule has 0 radical (unpaired) electrons. The smallest absolute Gasteiger partial charge is 0.123 e. The molecule has 0 bridgehead atoms. The molecule has 1 atom stereocenters. The van der Waals surface area contributed by atoms with Crippen LogP contribution in [-0.2, 0) is 0 Å². The van der Waals surface area contributed by atoms with Crippen molar-refractivity contribution in [1.82, 2.24) is 0 Å². The Bertz CT molecular complexity index is 280. The van der Waals surface area contributed by atoms with E-state index < -0.39 is 0 Å². The van der Waals surface area contributed by atoms with E-state index in [2.05, 4.69) is 5.32 Å². The van der Waals surface area contributed by atoms with Crippen LogP contribution in [-0.4, -0.2) is 17.3 Å². The third kappa shape index (κ3) is 2.70. The second kappa shape index (κ2) is 4.42. The van der Waals surface area contributed by atoms with Crippen LogP contribution in [0.1, 0.15) is 20.3 Å². The van der Waals surface area contributed by atoms with Crippen LogP contribution in [0.15, 0.2) is 24.3 Å². The lowest BCUT2D eigenvalue weighted by atomic mass is 10.00. The third-order valence-electron chi connectivity index (χ3n) is 2.42. The number of hydrogen-bond acceptors (Lipinski definition) is 2. The number of hydrogen-bond donors (Lipinski definition) is 2. The fourth-order valence-electron chi connectivity index (χ4n) is 1.12. The minimum Gasteiger partial charge on any atom is -0.394 e. The molecular formula is C11H16FNO. The molecule has 0 aliphatic carbocycles. The zero-order chi connectivity index (χ0) is 10.6. The minimum absolute atomic E-state index is 0.0564. The number of halogens is 1. The molecule has 0 heterocycles. The summed E-state index contributed by atoms with van der Waals surface area (Å²) in [5.74, 6) is -0.252. The summed E-state index contributed by atoms with van der Waals surface area (Å²) >= 11 is 0. The van der Waals surface area contributed by atoms with Gasteiger partial charge in [-0.25, -0.2) is 4.39 Å². The van der Waals surface area contributed by atoms with Crippen molar-refractivity contribution in [3.8, 4) is 0 Å². The number of aliphatic hydroxyl groups excluding tert-OH is 1. The van der Waals surface area contributed by atoms with Crippen molar-refractivity contribution in [2.45, 2.75) is 25.8 Å². The first-order valence-electron chi connectivity index (χ1n) is 4.74. The Labute approximate surface area is 83.8 Å². The van der Waals surface area contributed by atoms with Gasteiger partial charge in [-0.3, -0.25) is 0 Å². The van der Waals surface area contributed by atoms with Crippen LogP contribution >= 0.6 is 0 Å². The number of benzene rings is 1. The van der Waals surface area contributed by atoms with Gasteiger partial charge in [-0.2, -0.15) is 0 Å². The summed E-state index contributed by atoms with van der Waals surface area (Å²) < 4.78 is 12.6. The maximum Gasteiger partial charge on any atom is 0.123 e. The lowest BCUT2D eigenvalue weighted by Crippen LogP contribution is -2.37. The van der Waals surface area contributed by atoms with Gasteiger partial charge in [0.05, 0.1) is 12.1 Å². The van der Waals surface area contributed by atoms with Crippen LogP contribution in [0.25, 0.3) is 0 Å². The van der Waals surface area contributed by atoms with Crippen molar-refractivity contribution in [2.75, 3.05) is 11.9 Å². The molecule has 0 aromatic heterocycles. The first-order valence-corrected chi connectivity index (χ1v) is 4.74. The Morgan fingerprint density at radius 1 is 1.36 bits per heavy atom. The van der Waals surface area contributed by atoms with Crippen LogP contribution < -0.4 is 5.32 Å². The lowest BCUT2D eigenvalue weighted by Gasteiger charge is -2.28. The fraction of sp³-hybridized carbons (Fsp3) is 0.455. The van der Waals surface area contributed by atoms with Crippen LogP contribution in [0.3, 0.4) is 0 Å². The molecule has 0 aliphatic heterocycles. The number of nitrogens with one attached hydrogen (secondary N) is 1. The van der Waals surface area contributed by atoms with Crippen LogP contribution in [0.5, 0.6) is 0 Å². The monoisotopic (exact) mass is 197 g/mol. The van der Waals surface area contributed by atoms with Gasteiger partial charge >= 0.3 is 0 Å². The molecule has 1 unspecified atom stereocenters. The summed E-state index contributed by atoms with van der Waals surface area (Å²) in [5.41, 5.74) is 0.488. The van der Waals surface area contributed by atoms with Crippen LogP contribution in [0, 0.1) is 5.82 Å². The zero-order valence-electron chi connectivity index (χ0n) is 8.55. The summed E-state index contributed by atoms with van der Waals surface area (Å²) in [6.45, 7) is 3.98. The molecule has 3 heteroatoms. The highest BCUT2D eigenvalue weighted by molar-refractivity contribution is 5.45. The van der Waals surface area contributed by atoms with Gasteiger partial charge in [0.25, 0.3) is 0 Å². The predicted molar refractivity (Wildman–Crippen MR) is 55.8 cm³/mol. The van der Waals surface area contributed by atoms with Gasteiger partial charge in [0, 0.05) is 5.69 Å². The number of aliphatic hydroxyl groups is 1. The highest BCUT2D eigenvalue weighted by atomic mass is 19.1. The van der Waals surface area contributed by atoms with Gasteiger partial charge in [-0.1, -0.05) is 6.92 Å². The Morgan fingerprint density at radius 3 is 2.36 bits per heavy atom. The van der Waals surface area contributed by atoms with Crippen molar-refractivity contribution in [3.63, 3.8) is 0 Å². The first kappa shape index (κ1) is 11.0. The highest BCUT2D eigenvalue weighted by Gasteiger charge is 2.19. The molecule has 0 fully saturated rings. The molecule has 78 valence electrons. The van der Waals surface area contributed by atoms with Crippen molar-refractivity contribution in [2.24, 2.45) is 0 Å². The van der Waals surface area contributed by atoms with Gasteiger partial charge < -0.3 is 10.4 Å². The Balaban J connectivity index is 2.72. The summed E-state index contributed by atoms with van der Waals surface area (Å²) in [6, 6.07) is 6.13. The molecule has 1 aromatic rings. The molecule has 0 amide bonds. The third-order valence-corrected chi connectivity index (χ3v) is 2.42. The predicted octanol–water partition coefficient (Wildman–Crippen LogP) is 2.40. The molecule has 0 aliphatic rings. The first-order chi connectivity index (χ1) is 6.59. The van der Waals surface area contributed by atoms with Crippen molar-refractivity contribution in [1.29, 1.82) is 0 Å². The van der Waals surface area contributed by atoms with E-state index in [1.165, 1.54) is 12.1 Å². The Hall–Kier alpha value is -1.09. The second-order valence-electron chi connectivity index (χ2n) is 3.70. The molecule has 2 N–H and O–H groups in total. The van der Waals surface area contributed by atoms with E-state index in [9.17, 15) is 4.39 Å². The van der Waals surface area contributed by atoms with Crippen molar-refractivity contribution >= 4 is 5.69 Å². The fourth-order valence-corrected chi connectivity index (χ4v) is 1.12. The molecule has 2 nitrogen and oxygen atoms in total. The molecule has 0 saturated carbocycles. The average Bonchev–Trinajstić information content (AvgIpc) is 2.21. The maximum absolute atomic E-state index is 12.6. The van der Waals surface area contributed by atoms with Crippen LogP contribution in [0.4, 0.5) is 10.1 Å². The van der Waals surface area contributed by atoms with Crippen molar-refractivity contribution in [3.05, 3.63) is 30.1 Å². The largest absolute Gasteiger partial charge is 0.394 e. The molecular weight excluding hydrogens is 181 g/mol. The van der Waals surface area contributed by atoms with E-state index in [1.54, 1.807) is 12.1 Å². The van der Waals surface area contributed by atoms with E-state index in [4.69, 9.17) is 5.11 Å². The quantitative estimate of drug-likeness (QED) is 0.776. The lowest BCUT2D eigenvalue weighted by molar-refractivity contribution is 0.219. The molecule has 14 heavy (non-hydrogen) atoms. The van der Waals surface area contributed by atoms with Gasteiger partial charge in [-0.15, -0.1) is 0 Å². The summed E-state index contributed by atoms with van der Waals surface area (Å²) in [5, 5.41) is 12.3. The molecule has 0 saturated heterocycles. The summed E-state index contributed by atoms with van der Waals surface area (Å²) in [7, 11) is 0. The average molecular weight is 197 g/mol. The maximum atomic E-state index is 12.6. The van der Waals surface area contributed by atoms with E-state index >= 15 is 0 Å². The normalized spacial score (nSPS) is 14.9. The topological polar surface area (TPSA) is 32.3 Å². The zero-order valence-corrected chi connectivity index (χ0v) is 8.55. The van der Waals surface area contributed by atoms with E-state index in [-0.39, 0.29) is 18.0 Å². The second-order valence-corrected chi connectivity index (χ2v) is 3.70. The van der Waals surface area contributed by atoms with E-state index in [1.807, 2.05) is 13.8 Å². The van der Waals surface area contributed by atoms with Crippen molar-refractivity contribution < 1.29 is 9.50 Å². The Kier molecular flexibility index (Phi) is 3.47. The van der Waals surface area contributed by atoms with Gasteiger partial charge in [-0.05, 0) is 37.6 Å². The number of anilines is 1. The van der Waals surface area contributed by atoms with Gasteiger partial charge in [0.2, 0.25) is 0 Å². The van der Waals surface area contributed by atoms with Gasteiger partial charge in [0.1, 0.15) is 5.82 Å². The summed E-state index contributed by atoms with van der Waals surface area (Å²) in [4.78, 5) is 0. The SMILES string of the molecule is CCC(C)(CO)Nc1ccc(F)cc1. The number of rotatable bonds is 4. The Morgan fingerprint density at radius 2 is 1.93 bits per heavy atom. The van der Waals surface area contributed by atoms with E-state index in [0.29, 0.717) is 0 Å². The van der Waals surface area contributed by atoms with E-state index in [0.717, 1.165) is 12.1 Å². The highest BCUT2D eigenvalue weighted by Crippen LogP contribution is 2.18. The standard InChI is InChI=1S/C11H16FNO/c1-3-11(2,8-14)13-10-6-4-9(12)5-7-10/h4-7,13-14H,3,8H2,1-2H3. The molecule has 1 rings (SSSR count). The van der Waals surface area contributed by atoms with Gasteiger partial charge in [0.15, 0.2) is 0 Å². The minimum atomic E-state index is -0.335. The molecule has 0 spiro atoms.